The number of hydrogen-bond acceptors (Lipinski definition) is 5. The molecule has 1 amide bonds. The van der Waals surface area contributed by atoms with Crippen molar-refractivity contribution in [3.63, 3.8) is 0 Å². The molecule has 0 radical (unpaired) electrons. The largest absolute Gasteiger partial charge is 0.399 e. The minimum Gasteiger partial charge on any atom is -0.399 e. The van der Waals surface area contributed by atoms with Gasteiger partial charge in [0.15, 0.2) is 5.13 Å². The summed E-state index contributed by atoms with van der Waals surface area (Å²) >= 11 is 1.42. The van der Waals surface area contributed by atoms with E-state index in [1.54, 1.807) is 6.07 Å². The Morgan fingerprint density at radius 1 is 1.43 bits per heavy atom. The fourth-order valence-corrected chi connectivity index (χ4v) is 2.69. The van der Waals surface area contributed by atoms with Gasteiger partial charge in [-0.3, -0.25) is 4.79 Å². The second-order valence-corrected chi connectivity index (χ2v) is 6.37. The van der Waals surface area contributed by atoms with Gasteiger partial charge in [-0.2, -0.15) is 0 Å². The SMILES string of the molecule is CC(C)CCOCCC(=O)Nc1nc2ccc(N)cc2s1. The molecule has 21 heavy (non-hydrogen) atoms. The highest BCUT2D eigenvalue weighted by Crippen LogP contribution is 2.27. The first-order valence-corrected chi connectivity index (χ1v) is 7.90. The van der Waals surface area contributed by atoms with Crippen molar-refractivity contribution >= 4 is 38.3 Å². The number of nitrogen functional groups attached to an aromatic ring is 1. The number of nitrogens with one attached hydrogen (secondary N) is 1. The van der Waals surface area contributed by atoms with E-state index in [9.17, 15) is 4.79 Å². The molecule has 0 saturated carbocycles. The Hall–Kier alpha value is -1.66. The van der Waals surface area contributed by atoms with E-state index in [0.29, 0.717) is 36.4 Å². The molecular weight excluding hydrogens is 286 g/mol. The summed E-state index contributed by atoms with van der Waals surface area (Å²) in [6, 6.07) is 5.51. The lowest BCUT2D eigenvalue weighted by atomic mass is 10.1. The van der Waals surface area contributed by atoms with Crippen molar-refractivity contribution in [2.75, 3.05) is 24.3 Å². The van der Waals surface area contributed by atoms with Gasteiger partial charge in [0.1, 0.15) is 0 Å². The maximum Gasteiger partial charge on any atom is 0.228 e. The highest BCUT2D eigenvalue weighted by Gasteiger charge is 2.08. The molecule has 0 fully saturated rings. The van der Waals surface area contributed by atoms with E-state index in [2.05, 4.69) is 24.1 Å². The zero-order valence-corrected chi connectivity index (χ0v) is 13.2. The maximum absolute atomic E-state index is 11.8. The topological polar surface area (TPSA) is 77.2 Å². The van der Waals surface area contributed by atoms with E-state index in [1.807, 2.05) is 12.1 Å². The molecule has 1 aromatic heterocycles. The molecule has 1 heterocycles. The number of amides is 1. The summed E-state index contributed by atoms with van der Waals surface area (Å²) in [6.45, 7) is 5.44. The van der Waals surface area contributed by atoms with Gasteiger partial charge in [-0.1, -0.05) is 25.2 Å². The standard InChI is InChI=1S/C15H21N3O2S/c1-10(2)5-7-20-8-6-14(19)18-15-17-12-4-3-11(16)9-13(12)21-15/h3-4,9-10H,5-8,16H2,1-2H3,(H,17,18,19). The quantitative estimate of drug-likeness (QED) is 0.608. The minimum absolute atomic E-state index is 0.0772. The van der Waals surface area contributed by atoms with Gasteiger partial charge in [0.05, 0.1) is 23.2 Å². The maximum atomic E-state index is 11.8. The van der Waals surface area contributed by atoms with Gasteiger partial charge in [-0.05, 0) is 30.5 Å². The number of fused-ring (bicyclic) bond motifs is 1. The van der Waals surface area contributed by atoms with Crippen LogP contribution in [0.4, 0.5) is 10.8 Å². The van der Waals surface area contributed by atoms with Crippen LogP contribution < -0.4 is 11.1 Å². The number of carbonyl (C=O) groups is 1. The van der Waals surface area contributed by atoms with E-state index in [-0.39, 0.29) is 5.91 Å². The second-order valence-electron chi connectivity index (χ2n) is 5.34. The predicted octanol–water partition coefficient (Wildman–Crippen LogP) is 3.27. The molecule has 0 aliphatic rings. The van der Waals surface area contributed by atoms with E-state index >= 15 is 0 Å². The molecule has 6 heteroatoms. The summed E-state index contributed by atoms with van der Waals surface area (Å²) in [5, 5.41) is 3.40. The molecule has 0 unspecified atom stereocenters. The Morgan fingerprint density at radius 2 is 2.24 bits per heavy atom. The van der Waals surface area contributed by atoms with Crippen LogP contribution in [0.15, 0.2) is 18.2 Å². The Kier molecular flexibility index (Phi) is 5.52. The molecule has 5 nitrogen and oxygen atoms in total. The third-order valence-electron chi connectivity index (χ3n) is 2.97. The molecule has 114 valence electrons. The first-order chi connectivity index (χ1) is 10.0. The molecule has 0 atom stereocenters. The third-order valence-corrected chi connectivity index (χ3v) is 3.91. The molecule has 0 spiro atoms. The summed E-state index contributed by atoms with van der Waals surface area (Å²) in [5.74, 6) is 0.542. The summed E-state index contributed by atoms with van der Waals surface area (Å²) in [5.41, 5.74) is 7.27. The zero-order chi connectivity index (χ0) is 15.2. The molecule has 3 N–H and O–H groups in total. The number of benzene rings is 1. The monoisotopic (exact) mass is 307 g/mol. The van der Waals surface area contributed by atoms with E-state index in [4.69, 9.17) is 10.5 Å². The number of thiazole rings is 1. The van der Waals surface area contributed by atoms with Crippen LogP contribution in [-0.4, -0.2) is 24.1 Å². The van der Waals surface area contributed by atoms with Crippen molar-refractivity contribution in [1.82, 2.24) is 4.98 Å². The van der Waals surface area contributed by atoms with Gasteiger partial charge in [-0.15, -0.1) is 0 Å². The van der Waals surface area contributed by atoms with E-state index in [0.717, 1.165) is 16.6 Å². The predicted molar refractivity (Wildman–Crippen MR) is 87.6 cm³/mol. The van der Waals surface area contributed by atoms with Gasteiger partial charge < -0.3 is 15.8 Å². The van der Waals surface area contributed by atoms with Crippen molar-refractivity contribution in [2.24, 2.45) is 5.92 Å². The highest BCUT2D eigenvalue weighted by molar-refractivity contribution is 7.22. The molecule has 2 rings (SSSR count). The molecule has 2 aromatic rings. The summed E-state index contributed by atoms with van der Waals surface area (Å²) < 4.78 is 6.40. The van der Waals surface area contributed by atoms with Crippen LogP contribution in [0.5, 0.6) is 0 Å². The lowest BCUT2D eigenvalue weighted by molar-refractivity contribution is -0.117. The number of anilines is 2. The molecule has 0 aliphatic heterocycles. The Morgan fingerprint density at radius 3 is 3.00 bits per heavy atom. The first-order valence-electron chi connectivity index (χ1n) is 7.08. The average Bonchev–Trinajstić information content (AvgIpc) is 2.79. The van der Waals surface area contributed by atoms with E-state index < -0.39 is 0 Å². The average molecular weight is 307 g/mol. The van der Waals surface area contributed by atoms with Crippen LogP contribution in [0.25, 0.3) is 10.2 Å². The molecule has 0 saturated heterocycles. The van der Waals surface area contributed by atoms with Crippen LogP contribution in [-0.2, 0) is 9.53 Å². The fourth-order valence-electron chi connectivity index (χ4n) is 1.76. The Labute approximate surface area is 128 Å². The van der Waals surface area contributed by atoms with E-state index in [1.165, 1.54) is 11.3 Å². The molecule has 1 aromatic carbocycles. The van der Waals surface area contributed by atoms with Crippen molar-refractivity contribution in [3.8, 4) is 0 Å². The number of aromatic nitrogens is 1. The fraction of sp³-hybridized carbons (Fsp3) is 0.467. The number of ether oxygens (including phenoxy) is 1. The van der Waals surface area contributed by atoms with Gasteiger partial charge in [0, 0.05) is 12.3 Å². The summed E-state index contributed by atoms with van der Waals surface area (Å²) in [4.78, 5) is 16.2. The van der Waals surface area contributed by atoms with Gasteiger partial charge in [-0.25, -0.2) is 4.98 Å². The number of nitrogens with two attached hydrogens (primary N) is 1. The van der Waals surface area contributed by atoms with Crippen LogP contribution in [0.3, 0.4) is 0 Å². The first kappa shape index (κ1) is 15.7. The zero-order valence-electron chi connectivity index (χ0n) is 12.4. The van der Waals surface area contributed by atoms with Gasteiger partial charge in [0.2, 0.25) is 5.91 Å². The number of carbonyl (C=O) groups excluding carboxylic acids is 1. The second kappa shape index (κ2) is 7.38. The number of hydrogen-bond donors (Lipinski definition) is 2. The Balaban J connectivity index is 1.78. The minimum atomic E-state index is -0.0772. The third kappa shape index (κ3) is 4.99. The summed E-state index contributed by atoms with van der Waals surface area (Å²) in [7, 11) is 0. The van der Waals surface area contributed by atoms with Crippen LogP contribution in [0.2, 0.25) is 0 Å². The molecule has 0 bridgehead atoms. The summed E-state index contributed by atoms with van der Waals surface area (Å²) in [6.07, 6.45) is 1.36. The lowest BCUT2D eigenvalue weighted by Gasteiger charge is -2.06. The number of rotatable bonds is 7. The molecule has 0 aliphatic carbocycles. The van der Waals surface area contributed by atoms with Crippen molar-refractivity contribution in [1.29, 1.82) is 0 Å². The van der Waals surface area contributed by atoms with Crippen molar-refractivity contribution < 1.29 is 9.53 Å². The van der Waals surface area contributed by atoms with Gasteiger partial charge in [0.25, 0.3) is 0 Å². The Bertz CT molecular complexity index is 610. The van der Waals surface area contributed by atoms with Crippen molar-refractivity contribution in [2.45, 2.75) is 26.7 Å². The lowest BCUT2D eigenvalue weighted by Crippen LogP contribution is -2.14. The highest BCUT2D eigenvalue weighted by atomic mass is 32.1. The van der Waals surface area contributed by atoms with Crippen LogP contribution in [0, 0.1) is 5.92 Å². The number of nitrogens with zero attached hydrogens (tertiary/aromatic N) is 1. The smallest absolute Gasteiger partial charge is 0.228 e. The van der Waals surface area contributed by atoms with Gasteiger partial charge >= 0.3 is 0 Å². The van der Waals surface area contributed by atoms with Crippen LogP contribution >= 0.6 is 11.3 Å². The molecular formula is C15H21N3O2S. The van der Waals surface area contributed by atoms with Crippen LogP contribution in [0.1, 0.15) is 26.7 Å². The van der Waals surface area contributed by atoms with Crippen molar-refractivity contribution in [3.05, 3.63) is 18.2 Å². The normalized spacial score (nSPS) is 11.2.